The maximum absolute atomic E-state index is 12.6. The number of nitrogens with zero attached hydrogens (tertiary/aromatic N) is 2. The molecule has 0 spiro atoms. The highest BCUT2D eigenvalue weighted by molar-refractivity contribution is 5.98. The fraction of sp³-hybridized carbons (Fsp3) is 0.375. The number of nitrogens with one attached hydrogen (secondary N) is 1. The van der Waals surface area contributed by atoms with Crippen LogP contribution in [-0.4, -0.2) is 42.0 Å². The number of likely N-dealkylation sites (N-methyl/N-ethyl adjacent to an activating group) is 1. The normalized spacial score (nSPS) is 19.2. The number of aromatic nitrogens is 1. The summed E-state index contributed by atoms with van der Waals surface area (Å²) in [5.41, 5.74) is 1.68. The number of carbonyl (C=O) groups is 1. The van der Waals surface area contributed by atoms with Crippen molar-refractivity contribution >= 4 is 16.8 Å². The van der Waals surface area contributed by atoms with E-state index in [1.807, 2.05) is 42.3 Å². The second kappa shape index (κ2) is 5.59. The summed E-state index contributed by atoms with van der Waals surface area (Å²) in [5, 5.41) is 4.28. The van der Waals surface area contributed by atoms with E-state index in [4.69, 9.17) is 0 Å². The van der Waals surface area contributed by atoms with Gasteiger partial charge in [-0.15, -0.1) is 0 Å². The van der Waals surface area contributed by atoms with Crippen molar-refractivity contribution in [2.45, 2.75) is 18.9 Å². The van der Waals surface area contributed by atoms with Crippen LogP contribution in [0.5, 0.6) is 0 Å². The van der Waals surface area contributed by atoms with Crippen LogP contribution in [0.15, 0.2) is 36.5 Å². The number of amides is 1. The van der Waals surface area contributed by atoms with E-state index in [9.17, 15) is 4.79 Å². The molecule has 1 amide bonds. The van der Waals surface area contributed by atoms with Crippen LogP contribution < -0.4 is 5.32 Å². The molecule has 0 aliphatic carbocycles. The van der Waals surface area contributed by atoms with Gasteiger partial charge in [-0.05, 0) is 44.2 Å². The van der Waals surface area contributed by atoms with Crippen molar-refractivity contribution in [3.8, 4) is 0 Å². The van der Waals surface area contributed by atoms with Crippen LogP contribution >= 0.6 is 0 Å². The van der Waals surface area contributed by atoms with Crippen LogP contribution in [-0.2, 0) is 0 Å². The first-order valence-corrected chi connectivity index (χ1v) is 7.09. The predicted octanol–water partition coefficient (Wildman–Crippen LogP) is 2.06. The molecule has 1 unspecified atom stereocenters. The number of likely N-dealkylation sites (tertiary alicyclic amines) is 1. The minimum atomic E-state index is 0.121. The fourth-order valence-electron chi connectivity index (χ4n) is 2.79. The van der Waals surface area contributed by atoms with Crippen LogP contribution in [0.1, 0.15) is 23.2 Å². The van der Waals surface area contributed by atoms with Gasteiger partial charge in [0.15, 0.2) is 0 Å². The van der Waals surface area contributed by atoms with Gasteiger partial charge in [0.1, 0.15) is 0 Å². The Labute approximate surface area is 118 Å². The first-order valence-electron chi connectivity index (χ1n) is 7.09. The number of piperidine rings is 1. The van der Waals surface area contributed by atoms with Gasteiger partial charge in [-0.3, -0.25) is 9.78 Å². The van der Waals surface area contributed by atoms with Gasteiger partial charge in [-0.2, -0.15) is 0 Å². The Hall–Kier alpha value is -1.94. The van der Waals surface area contributed by atoms with E-state index in [1.54, 1.807) is 6.20 Å². The number of fused-ring (bicyclic) bond motifs is 1. The Balaban J connectivity index is 1.84. The molecule has 2 aromatic rings. The van der Waals surface area contributed by atoms with Crippen LogP contribution in [0.4, 0.5) is 0 Å². The monoisotopic (exact) mass is 269 g/mol. The zero-order valence-electron chi connectivity index (χ0n) is 11.7. The number of rotatable bonds is 2. The summed E-state index contributed by atoms with van der Waals surface area (Å²) in [4.78, 5) is 18.8. The molecule has 1 atom stereocenters. The molecule has 0 saturated carbocycles. The fourth-order valence-corrected chi connectivity index (χ4v) is 2.79. The molecule has 1 saturated heterocycles. The molecule has 1 N–H and O–H groups in total. The highest BCUT2D eigenvalue weighted by Crippen LogP contribution is 2.17. The SMILES string of the molecule is CNC1CCCN(C(=O)c2ccc3ncccc3c2)C1. The Morgan fingerprint density at radius 1 is 1.40 bits per heavy atom. The van der Waals surface area contributed by atoms with E-state index in [-0.39, 0.29) is 5.91 Å². The molecule has 0 bridgehead atoms. The lowest BCUT2D eigenvalue weighted by atomic mass is 10.0. The Bertz CT molecular complexity index is 626. The predicted molar refractivity (Wildman–Crippen MR) is 79.7 cm³/mol. The molecule has 104 valence electrons. The van der Waals surface area contributed by atoms with E-state index in [0.29, 0.717) is 6.04 Å². The topological polar surface area (TPSA) is 45.2 Å². The highest BCUT2D eigenvalue weighted by atomic mass is 16.2. The minimum Gasteiger partial charge on any atom is -0.337 e. The molecule has 1 fully saturated rings. The lowest BCUT2D eigenvalue weighted by Gasteiger charge is -2.32. The molecule has 20 heavy (non-hydrogen) atoms. The van der Waals surface area contributed by atoms with Crippen molar-refractivity contribution in [2.24, 2.45) is 0 Å². The number of carbonyl (C=O) groups excluding carboxylic acids is 1. The first kappa shape index (κ1) is 13.1. The standard InChI is InChI=1S/C16H19N3O/c1-17-14-5-3-9-19(11-14)16(20)13-6-7-15-12(10-13)4-2-8-18-15/h2,4,6-8,10,14,17H,3,5,9,11H2,1H3. The average Bonchev–Trinajstić information content (AvgIpc) is 2.53. The van der Waals surface area contributed by atoms with E-state index >= 15 is 0 Å². The third-order valence-corrected chi connectivity index (χ3v) is 3.97. The minimum absolute atomic E-state index is 0.121. The summed E-state index contributed by atoms with van der Waals surface area (Å²) >= 11 is 0. The average molecular weight is 269 g/mol. The lowest BCUT2D eigenvalue weighted by molar-refractivity contribution is 0.0698. The Morgan fingerprint density at radius 3 is 3.15 bits per heavy atom. The molecule has 1 aromatic carbocycles. The van der Waals surface area contributed by atoms with Gasteiger partial charge in [-0.25, -0.2) is 0 Å². The van der Waals surface area contributed by atoms with Crippen molar-refractivity contribution in [2.75, 3.05) is 20.1 Å². The summed E-state index contributed by atoms with van der Waals surface area (Å²) < 4.78 is 0. The van der Waals surface area contributed by atoms with Crippen molar-refractivity contribution in [1.82, 2.24) is 15.2 Å². The van der Waals surface area contributed by atoms with E-state index in [2.05, 4.69) is 10.3 Å². The largest absolute Gasteiger partial charge is 0.337 e. The number of hydrogen-bond donors (Lipinski definition) is 1. The second-order valence-electron chi connectivity index (χ2n) is 5.29. The van der Waals surface area contributed by atoms with Gasteiger partial charge in [0.2, 0.25) is 0 Å². The molecule has 4 nitrogen and oxygen atoms in total. The highest BCUT2D eigenvalue weighted by Gasteiger charge is 2.23. The molecular formula is C16H19N3O. The molecular weight excluding hydrogens is 250 g/mol. The molecule has 4 heteroatoms. The van der Waals surface area contributed by atoms with Crippen LogP contribution in [0, 0.1) is 0 Å². The molecule has 3 rings (SSSR count). The number of benzene rings is 1. The third kappa shape index (κ3) is 2.51. The summed E-state index contributed by atoms with van der Waals surface area (Å²) in [6.07, 6.45) is 3.97. The lowest BCUT2D eigenvalue weighted by Crippen LogP contribution is -2.46. The van der Waals surface area contributed by atoms with Gasteiger partial charge in [-0.1, -0.05) is 6.07 Å². The third-order valence-electron chi connectivity index (χ3n) is 3.97. The van der Waals surface area contributed by atoms with E-state index < -0.39 is 0 Å². The summed E-state index contributed by atoms with van der Waals surface area (Å²) in [6.45, 7) is 1.64. The first-order chi connectivity index (χ1) is 9.78. The number of hydrogen-bond acceptors (Lipinski definition) is 3. The Kier molecular flexibility index (Phi) is 3.65. The van der Waals surface area contributed by atoms with Crippen molar-refractivity contribution in [1.29, 1.82) is 0 Å². The maximum Gasteiger partial charge on any atom is 0.253 e. The quantitative estimate of drug-likeness (QED) is 0.907. The molecule has 0 radical (unpaired) electrons. The van der Waals surface area contributed by atoms with Gasteiger partial charge < -0.3 is 10.2 Å². The van der Waals surface area contributed by atoms with Crippen LogP contribution in [0.3, 0.4) is 0 Å². The van der Waals surface area contributed by atoms with Crippen molar-refractivity contribution in [3.05, 3.63) is 42.1 Å². The van der Waals surface area contributed by atoms with Crippen LogP contribution in [0.2, 0.25) is 0 Å². The summed E-state index contributed by atoms with van der Waals surface area (Å²) in [6, 6.07) is 10.0. The van der Waals surface area contributed by atoms with Gasteiger partial charge in [0.25, 0.3) is 5.91 Å². The van der Waals surface area contributed by atoms with E-state index in [0.717, 1.165) is 42.4 Å². The van der Waals surface area contributed by atoms with E-state index in [1.165, 1.54) is 0 Å². The van der Waals surface area contributed by atoms with Crippen LogP contribution in [0.25, 0.3) is 10.9 Å². The molecule has 1 aliphatic rings. The van der Waals surface area contributed by atoms with Crippen molar-refractivity contribution in [3.63, 3.8) is 0 Å². The molecule has 1 aliphatic heterocycles. The van der Waals surface area contributed by atoms with Crippen molar-refractivity contribution < 1.29 is 4.79 Å². The second-order valence-corrected chi connectivity index (χ2v) is 5.29. The van der Waals surface area contributed by atoms with Gasteiger partial charge in [0.05, 0.1) is 5.52 Å². The summed E-state index contributed by atoms with van der Waals surface area (Å²) in [7, 11) is 1.96. The zero-order chi connectivity index (χ0) is 13.9. The number of pyridine rings is 1. The maximum atomic E-state index is 12.6. The molecule has 2 heterocycles. The Morgan fingerprint density at radius 2 is 2.30 bits per heavy atom. The zero-order valence-corrected chi connectivity index (χ0v) is 11.7. The summed E-state index contributed by atoms with van der Waals surface area (Å²) in [5.74, 6) is 0.121. The smallest absolute Gasteiger partial charge is 0.253 e. The van der Waals surface area contributed by atoms with Gasteiger partial charge >= 0.3 is 0 Å². The molecule has 1 aromatic heterocycles. The van der Waals surface area contributed by atoms with Gasteiger partial charge in [0, 0.05) is 36.3 Å².